The van der Waals surface area contributed by atoms with Crippen LogP contribution in [0.1, 0.15) is 5.56 Å². The van der Waals surface area contributed by atoms with E-state index in [1.807, 2.05) is 6.07 Å². The van der Waals surface area contributed by atoms with Gasteiger partial charge in [0.15, 0.2) is 0 Å². The number of anilines is 1. The first-order valence-corrected chi connectivity index (χ1v) is 6.89. The molecule has 0 aliphatic carbocycles. The largest absolute Gasteiger partial charge is 0.422 e. The molecule has 2 aromatic heterocycles. The summed E-state index contributed by atoms with van der Waals surface area (Å²) in [6.07, 6.45) is 0. The Balaban J connectivity index is 2.30. The molecule has 2 N–H and O–H groups in total. The first kappa shape index (κ1) is 13.8. The highest BCUT2D eigenvalue weighted by Crippen LogP contribution is 2.33. The number of rotatable bonds is 2. The van der Waals surface area contributed by atoms with Gasteiger partial charge in [-0.05, 0) is 12.1 Å². The number of hydrogen-bond donors (Lipinski definition) is 1. The molecule has 0 spiro atoms. The number of fused-ring (bicyclic) bond motifs is 1. The van der Waals surface area contributed by atoms with Crippen molar-refractivity contribution in [2.24, 2.45) is 0 Å². The van der Waals surface area contributed by atoms with Crippen molar-refractivity contribution < 1.29 is 9.34 Å². The Morgan fingerprint density at radius 1 is 1.32 bits per heavy atom. The van der Waals surface area contributed by atoms with E-state index in [0.717, 1.165) is 11.3 Å². The van der Waals surface area contributed by atoms with Crippen molar-refractivity contribution in [1.29, 1.82) is 5.26 Å². The maximum absolute atomic E-state index is 12.1. The topological polar surface area (TPSA) is 123 Å². The number of nitrogen functional groups attached to an aromatic ring is 1. The molecule has 3 rings (SSSR count). The van der Waals surface area contributed by atoms with Gasteiger partial charge < -0.3 is 10.2 Å². The molecule has 0 unspecified atom stereocenters. The molecule has 0 atom stereocenters. The summed E-state index contributed by atoms with van der Waals surface area (Å²) in [6, 6.07) is 7.35. The van der Waals surface area contributed by atoms with Crippen LogP contribution in [0.3, 0.4) is 0 Å². The van der Waals surface area contributed by atoms with Gasteiger partial charge in [0, 0.05) is 28.5 Å². The zero-order valence-corrected chi connectivity index (χ0v) is 11.7. The summed E-state index contributed by atoms with van der Waals surface area (Å²) in [7, 11) is 0. The normalized spacial score (nSPS) is 10.5. The first-order chi connectivity index (χ1) is 10.5. The fourth-order valence-corrected chi connectivity index (χ4v) is 2.86. The van der Waals surface area contributed by atoms with E-state index in [0.29, 0.717) is 16.0 Å². The number of nitrogens with zero attached hydrogens (tertiary/aromatic N) is 2. The van der Waals surface area contributed by atoms with E-state index in [4.69, 9.17) is 15.4 Å². The van der Waals surface area contributed by atoms with Crippen LogP contribution in [0.4, 0.5) is 10.7 Å². The summed E-state index contributed by atoms with van der Waals surface area (Å²) >= 11 is 1.14. The molecule has 8 heteroatoms. The van der Waals surface area contributed by atoms with E-state index >= 15 is 0 Å². The van der Waals surface area contributed by atoms with E-state index in [2.05, 4.69) is 0 Å². The molecular formula is C14H7N3O4S. The van der Waals surface area contributed by atoms with Crippen LogP contribution < -0.4 is 11.4 Å². The van der Waals surface area contributed by atoms with Gasteiger partial charge in [-0.25, -0.2) is 4.79 Å². The van der Waals surface area contributed by atoms with Gasteiger partial charge in [-0.2, -0.15) is 5.26 Å². The monoisotopic (exact) mass is 313 g/mol. The highest BCUT2D eigenvalue weighted by molar-refractivity contribution is 7.14. The van der Waals surface area contributed by atoms with Gasteiger partial charge in [0.2, 0.25) is 0 Å². The Morgan fingerprint density at radius 2 is 2.09 bits per heavy atom. The lowest BCUT2D eigenvalue weighted by Crippen LogP contribution is -2.03. The second-order valence-electron chi connectivity index (χ2n) is 4.43. The van der Waals surface area contributed by atoms with Gasteiger partial charge in [0.05, 0.1) is 16.1 Å². The molecule has 22 heavy (non-hydrogen) atoms. The minimum absolute atomic E-state index is 0.113. The third kappa shape index (κ3) is 2.10. The second-order valence-corrected chi connectivity index (χ2v) is 5.34. The van der Waals surface area contributed by atoms with Crippen molar-refractivity contribution in [3.05, 3.63) is 55.7 Å². The fraction of sp³-hybridized carbons (Fsp3) is 0. The van der Waals surface area contributed by atoms with Crippen LogP contribution in [0.25, 0.3) is 22.1 Å². The summed E-state index contributed by atoms with van der Waals surface area (Å²) < 4.78 is 5.17. The summed E-state index contributed by atoms with van der Waals surface area (Å²) in [5, 5.41) is 22.2. The van der Waals surface area contributed by atoms with Crippen molar-refractivity contribution in [3.63, 3.8) is 0 Å². The van der Waals surface area contributed by atoms with Gasteiger partial charge in [-0.15, -0.1) is 11.3 Å². The molecule has 0 bridgehead atoms. The van der Waals surface area contributed by atoms with E-state index in [-0.39, 0.29) is 22.4 Å². The summed E-state index contributed by atoms with van der Waals surface area (Å²) in [6.45, 7) is 0. The number of thiophene rings is 1. The Labute approximate surface area is 127 Å². The molecule has 7 nitrogen and oxygen atoms in total. The van der Waals surface area contributed by atoms with Crippen LogP contribution in [0.2, 0.25) is 0 Å². The van der Waals surface area contributed by atoms with Crippen LogP contribution in [0.5, 0.6) is 0 Å². The molecule has 0 fully saturated rings. The lowest BCUT2D eigenvalue weighted by Gasteiger charge is -2.01. The van der Waals surface area contributed by atoms with Gasteiger partial charge in [-0.1, -0.05) is 0 Å². The zero-order valence-electron chi connectivity index (χ0n) is 10.9. The van der Waals surface area contributed by atoms with Gasteiger partial charge in [-0.3, -0.25) is 10.1 Å². The number of nitriles is 1. The van der Waals surface area contributed by atoms with Crippen molar-refractivity contribution in [2.45, 2.75) is 0 Å². The smallest absolute Gasteiger partial charge is 0.344 e. The predicted molar refractivity (Wildman–Crippen MR) is 81.6 cm³/mol. The summed E-state index contributed by atoms with van der Waals surface area (Å²) in [4.78, 5) is 22.4. The molecule has 0 aliphatic heterocycles. The lowest BCUT2D eigenvalue weighted by atomic mass is 10.0. The third-order valence-electron chi connectivity index (χ3n) is 3.15. The standard InChI is InChI=1S/C14H7N3O4S/c15-5-10-11(6-22-13(10)16)9-4-7-3-8(17(19)20)1-2-12(7)21-14(9)18/h1-4,6H,16H2. The quantitative estimate of drug-likeness (QED) is 0.441. The Kier molecular flexibility index (Phi) is 3.12. The van der Waals surface area contributed by atoms with E-state index < -0.39 is 10.5 Å². The molecule has 0 amide bonds. The molecule has 2 heterocycles. The van der Waals surface area contributed by atoms with Crippen molar-refractivity contribution in [1.82, 2.24) is 0 Å². The zero-order chi connectivity index (χ0) is 15.9. The molecule has 1 aromatic carbocycles. The highest BCUT2D eigenvalue weighted by Gasteiger charge is 2.17. The van der Waals surface area contributed by atoms with E-state index in [1.54, 1.807) is 5.38 Å². The number of non-ortho nitro benzene ring substituents is 1. The minimum atomic E-state index is -0.629. The number of nitrogens with two attached hydrogens (primary N) is 1. The third-order valence-corrected chi connectivity index (χ3v) is 3.96. The molecule has 108 valence electrons. The van der Waals surface area contributed by atoms with Crippen LogP contribution in [0, 0.1) is 21.4 Å². The number of benzene rings is 1. The molecule has 0 saturated carbocycles. The van der Waals surface area contributed by atoms with Crippen molar-refractivity contribution in [2.75, 3.05) is 5.73 Å². The van der Waals surface area contributed by atoms with Crippen molar-refractivity contribution >= 4 is 33.0 Å². The van der Waals surface area contributed by atoms with Gasteiger partial charge in [0.1, 0.15) is 16.7 Å². The minimum Gasteiger partial charge on any atom is -0.422 e. The van der Waals surface area contributed by atoms with Crippen LogP contribution >= 0.6 is 11.3 Å². The first-order valence-electron chi connectivity index (χ1n) is 6.01. The van der Waals surface area contributed by atoms with E-state index in [1.165, 1.54) is 24.3 Å². The Hall–Kier alpha value is -3.18. The lowest BCUT2D eigenvalue weighted by molar-refractivity contribution is -0.384. The van der Waals surface area contributed by atoms with Crippen molar-refractivity contribution in [3.8, 4) is 17.2 Å². The Morgan fingerprint density at radius 3 is 2.77 bits per heavy atom. The molecule has 0 aliphatic rings. The van der Waals surface area contributed by atoms with Gasteiger partial charge >= 0.3 is 5.63 Å². The number of hydrogen-bond acceptors (Lipinski definition) is 7. The summed E-state index contributed by atoms with van der Waals surface area (Å²) in [5.74, 6) is 0. The summed E-state index contributed by atoms with van der Waals surface area (Å²) in [5.41, 5.74) is 5.90. The maximum atomic E-state index is 12.1. The predicted octanol–water partition coefficient (Wildman–Crippen LogP) is 2.88. The highest BCUT2D eigenvalue weighted by atomic mass is 32.1. The number of nitro benzene ring substituents is 1. The average Bonchev–Trinajstić information content (AvgIpc) is 2.86. The molecule has 0 saturated heterocycles. The molecular weight excluding hydrogens is 306 g/mol. The Bertz CT molecular complexity index is 1010. The average molecular weight is 313 g/mol. The fourth-order valence-electron chi connectivity index (χ4n) is 2.10. The second kappa shape index (κ2) is 4.98. The van der Waals surface area contributed by atoms with E-state index in [9.17, 15) is 14.9 Å². The SMILES string of the molecule is N#Cc1c(-c2cc3cc([N+](=O)[O-])ccc3oc2=O)csc1N. The molecule has 0 radical (unpaired) electrons. The number of nitro groups is 1. The maximum Gasteiger partial charge on any atom is 0.344 e. The molecule has 3 aromatic rings. The van der Waals surface area contributed by atoms with Crippen LogP contribution in [0.15, 0.2) is 38.9 Å². The van der Waals surface area contributed by atoms with Crippen LogP contribution in [-0.2, 0) is 0 Å². The van der Waals surface area contributed by atoms with Crippen LogP contribution in [-0.4, -0.2) is 4.92 Å². The van der Waals surface area contributed by atoms with Gasteiger partial charge in [0.25, 0.3) is 5.69 Å².